The predicted molar refractivity (Wildman–Crippen MR) is 162 cm³/mol. The molecule has 0 bridgehead atoms. The number of ether oxygens (including phenoxy) is 2. The van der Waals surface area contributed by atoms with Gasteiger partial charge in [-0.1, -0.05) is 68.4 Å². The molecular weight excluding hydrogens is 498 g/mol. The van der Waals surface area contributed by atoms with E-state index in [-0.39, 0.29) is 11.5 Å². The maximum absolute atomic E-state index is 13.8. The quantitative estimate of drug-likeness (QED) is 0.187. The van der Waals surface area contributed by atoms with Gasteiger partial charge in [0.1, 0.15) is 18.1 Å². The SMILES string of the molecule is CCOc1cc(C)c(-c2nc3ccccc3c(=O)n2N=Cc2ccccc2OCc2ccccc2)cc1C(C)C. The Labute approximate surface area is 234 Å². The van der Waals surface area contributed by atoms with E-state index in [1.165, 1.54) is 4.68 Å². The van der Waals surface area contributed by atoms with Gasteiger partial charge < -0.3 is 9.47 Å². The molecule has 0 unspecified atom stereocenters. The van der Waals surface area contributed by atoms with Gasteiger partial charge in [0.15, 0.2) is 5.82 Å². The van der Waals surface area contributed by atoms with Gasteiger partial charge in [0.05, 0.1) is 23.7 Å². The maximum atomic E-state index is 13.8. The van der Waals surface area contributed by atoms with Crippen molar-refractivity contribution in [3.05, 3.63) is 124 Å². The number of nitrogens with zero attached hydrogens (tertiary/aromatic N) is 3. The largest absolute Gasteiger partial charge is 0.494 e. The summed E-state index contributed by atoms with van der Waals surface area (Å²) < 4.78 is 13.4. The summed E-state index contributed by atoms with van der Waals surface area (Å²) in [5, 5.41) is 5.20. The molecule has 0 aliphatic carbocycles. The first-order valence-corrected chi connectivity index (χ1v) is 13.6. The summed E-state index contributed by atoms with van der Waals surface area (Å²) in [5.41, 5.74) is 5.05. The Kier molecular flexibility index (Phi) is 8.06. The average molecular weight is 532 g/mol. The van der Waals surface area contributed by atoms with Crippen LogP contribution in [-0.4, -0.2) is 22.5 Å². The van der Waals surface area contributed by atoms with Gasteiger partial charge in [-0.25, -0.2) is 4.98 Å². The van der Waals surface area contributed by atoms with Crippen molar-refractivity contribution in [2.75, 3.05) is 6.61 Å². The van der Waals surface area contributed by atoms with E-state index in [1.54, 1.807) is 12.3 Å². The predicted octanol–water partition coefficient (Wildman–Crippen LogP) is 7.36. The van der Waals surface area contributed by atoms with Crippen LogP contribution in [0.3, 0.4) is 0 Å². The summed E-state index contributed by atoms with van der Waals surface area (Å²) in [6.45, 7) is 9.24. The molecule has 202 valence electrons. The molecule has 4 aromatic carbocycles. The first-order valence-electron chi connectivity index (χ1n) is 13.6. The highest BCUT2D eigenvalue weighted by Gasteiger charge is 2.18. The van der Waals surface area contributed by atoms with Crippen molar-refractivity contribution in [1.29, 1.82) is 0 Å². The smallest absolute Gasteiger partial charge is 0.282 e. The molecule has 0 saturated carbocycles. The van der Waals surface area contributed by atoms with Crippen LogP contribution in [0.25, 0.3) is 22.3 Å². The second-order valence-electron chi connectivity index (χ2n) is 9.92. The molecule has 6 heteroatoms. The lowest BCUT2D eigenvalue weighted by molar-refractivity contribution is 0.306. The van der Waals surface area contributed by atoms with Crippen LogP contribution in [0.5, 0.6) is 11.5 Å². The van der Waals surface area contributed by atoms with Crippen LogP contribution < -0.4 is 15.0 Å². The van der Waals surface area contributed by atoms with Crippen LogP contribution in [0.15, 0.2) is 101 Å². The fourth-order valence-electron chi connectivity index (χ4n) is 4.65. The molecule has 1 aromatic heterocycles. The molecule has 6 nitrogen and oxygen atoms in total. The van der Waals surface area contributed by atoms with Gasteiger partial charge >= 0.3 is 0 Å². The number of hydrogen-bond acceptors (Lipinski definition) is 5. The van der Waals surface area contributed by atoms with Crippen LogP contribution in [-0.2, 0) is 6.61 Å². The molecule has 0 atom stereocenters. The lowest BCUT2D eigenvalue weighted by Gasteiger charge is -2.18. The molecule has 0 spiro atoms. The standard InChI is InChI=1S/C34H33N3O3/c1-5-39-32-19-24(4)29(20-28(32)23(2)3)33-36-30-17-11-10-16-27(30)34(38)37(33)35-21-26-15-9-12-18-31(26)40-22-25-13-7-6-8-14-25/h6-21,23H,5,22H2,1-4H3. The Bertz CT molecular complexity index is 1720. The zero-order chi connectivity index (χ0) is 28.1. The summed E-state index contributed by atoms with van der Waals surface area (Å²) >= 11 is 0. The zero-order valence-electron chi connectivity index (χ0n) is 23.3. The number of fused-ring (bicyclic) bond motifs is 1. The highest BCUT2D eigenvalue weighted by Crippen LogP contribution is 2.34. The van der Waals surface area contributed by atoms with E-state index < -0.39 is 0 Å². The molecule has 5 rings (SSSR count). The van der Waals surface area contributed by atoms with Gasteiger partial charge in [0.2, 0.25) is 0 Å². The monoisotopic (exact) mass is 531 g/mol. The van der Waals surface area contributed by atoms with Crippen molar-refractivity contribution in [2.45, 2.75) is 40.2 Å². The normalized spacial score (nSPS) is 11.4. The van der Waals surface area contributed by atoms with Crippen molar-refractivity contribution < 1.29 is 9.47 Å². The van der Waals surface area contributed by atoms with E-state index in [9.17, 15) is 4.79 Å². The Morgan fingerprint density at radius 3 is 2.40 bits per heavy atom. The van der Waals surface area contributed by atoms with Gasteiger partial charge in [0, 0.05) is 11.1 Å². The minimum absolute atomic E-state index is 0.221. The molecule has 0 saturated heterocycles. The summed E-state index contributed by atoms with van der Waals surface area (Å²) in [7, 11) is 0. The highest BCUT2D eigenvalue weighted by molar-refractivity contribution is 5.84. The molecule has 5 aromatic rings. The van der Waals surface area contributed by atoms with Crippen LogP contribution in [0.1, 0.15) is 48.9 Å². The molecule has 0 amide bonds. The van der Waals surface area contributed by atoms with Gasteiger partial charge in [-0.2, -0.15) is 9.78 Å². The molecule has 0 aliphatic rings. The van der Waals surface area contributed by atoms with E-state index in [1.807, 2.05) is 92.7 Å². The van der Waals surface area contributed by atoms with Gasteiger partial charge in [-0.3, -0.25) is 4.79 Å². The van der Waals surface area contributed by atoms with Crippen molar-refractivity contribution >= 4 is 17.1 Å². The van der Waals surface area contributed by atoms with Crippen LogP contribution in [0, 0.1) is 6.92 Å². The third kappa shape index (κ3) is 5.66. The van der Waals surface area contributed by atoms with E-state index in [4.69, 9.17) is 19.6 Å². The van der Waals surface area contributed by atoms with Gasteiger partial charge in [-0.15, -0.1) is 0 Å². The van der Waals surface area contributed by atoms with E-state index >= 15 is 0 Å². The number of hydrogen-bond donors (Lipinski definition) is 0. The number of aromatic nitrogens is 2. The Balaban J connectivity index is 1.62. The first-order chi connectivity index (χ1) is 19.5. The molecule has 0 aliphatic heterocycles. The number of rotatable bonds is 9. The lowest BCUT2D eigenvalue weighted by Crippen LogP contribution is -2.21. The Morgan fingerprint density at radius 1 is 0.900 bits per heavy atom. The highest BCUT2D eigenvalue weighted by atomic mass is 16.5. The number of benzene rings is 4. The van der Waals surface area contributed by atoms with Crippen molar-refractivity contribution in [3.63, 3.8) is 0 Å². The Morgan fingerprint density at radius 2 is 1.62 bits per heavy atom. The van der Waals surface area contributed by atoms with Gasteiger partial charge in [-0.05, 0) is 72.9 Å². The van der Waals surface area contributed by atoms with Crippen LogP contribution in [0.2, 0.25) is 0 Å². The van der Waals surface area contributed by atoms with E-state index in [2.05, 4.69) is 19.9 Å². The molecule has 1 heterocycles. The second-order valence-corrected chi connectivity index (χ2v) is 9.92. The first kappa shape index (κ1) is 26.9. The third-order valence-electron chi connectivity index (χ3n) is 6.74. The summed E-state index contributed by atoms with van der Waals surface area (Å²) in [6, 6.07) is 29.1. The van der Waals surface area contributed by atoms with Crippen LogP contribution in [0.4, 0.5) is 0 Å². The van der Waals surface area contributed by atoms with Gasteiger partial charge in [0.25, 0.3) is 5.56 Å². The summed E-state index contributed by atoms with van der Waals surface area (Å²) in [5.74, 6) is 2.22. The number of para-hydroxylation sites is 2. The lowest BCUT2D eigenvalue weighted by atomic mass is 9.96. The minimum atomic E-state index is -0.237. The summed E-state index contributed by atoms with van der Waals surface area (Å²) in [6.07, 6.45) is 1.66. The zero-order valence-corrected chi connectivity index (χ0v) is 23.3. The fourth-order valence-corrected chi connectivity index (χ4v) is 4.65. The third-order valence-corrected chi connectivity index (χ3v) is 6.74. The van der Waals surface area contributed by atoms with Crippen molar-refractivity contribution in [1.82, 2.24) is 9.66 Å². The fraction of sp³-hybridized carbons (Fsp3) is 0.206. The van der Waals surface area contributed by atoms with Crippen molar-refractivity contribution in [3.8, 4) is 22.9 Å². The van der Waals surface area contributed by atoms with Crippen LogP contribution >= 0.6 is 0 Å². The molecule has 40 heavy (non-hydrogen) atoms. The second kappa shape index (κ2) is 12.0. The Hall–Kier alpha value is -4.71. The molecule has 0 radical (unpaired) electrons. The molecular formula is C34H33N3O3. The maximum Gasteiger partial charge on any atom is 0.282 e. The van der Waals surface area contributed by atoms with Crippen molar-refractivity contribution in [2.24, 2.45) is 5.10 Å². The van der Waals surface area contributed by atoms with E-state index in [0.29, 0.717) is 35.7 Å². The van der Waals surface area contributed by atoms with E-state index in [0.717, 1.165) is 33.6 Å². The topological polar surface area (TPSA) is 65.7 Å². The average Bonchev–Trinajstić information content (AvgIpc) is 2.97. The minimum Gasteiger partial charge on any atom is -0.494 e. The summed E-state index contributed by atoms with van der Waals surface area (Å²) in [4.78, 5) is 18.7. The number of aryl methyl sites for hydroxylation is 1. The molecule has 0 N–H and O–H groups in total. The molecule has 0 fully saturated rings.